The number of piperidine rings is 1. The molecule has 3 aromatic carbocycles. The molecule has 5 N–H and O–H groups in total. The number of aromatic nitrogens is 3. The van der Waals surface area contributed by atoms with E-state index < -0.39 is 23.5 Å². The summed E-state index contributed by atoms with van der Waals surface area (Å²) in [4.78, 5) is 36.0. The molecule has 72 heavy (non-hydrogen) atoms. The summed E-state index contributed by atoms with van der Waals surface area (Å²) in [6, 6.07) is 27.2. The highest BCUT2D eigenvalue weighted by Crippen LogP contribution is 2.31. The van der Waals surface area contributed by atoms with E-state index in [1.165, 1.54) is 15.8 Å². The van der Waals surface area contributed by atoms with Crippen molar-refractivity contribution in [1.29, 1.82) is 0 Å². The van der Waals surface area contributed by atoms with Gasteiger partial charge in [-0.25, -0.2) is 4.98 Å². The normalized spacial score (nSPS) is 15.8. The number of unbranched alkanes of at least 4 members (excludes halogenated alkanes) is 2. The summed E-state index contributed by atoms with van der Waals surface area (Å²) in [6.45, 7) is 12.3. The number of carbonyl (C=O) groups is 2. The molecular weight excluding hydrogens is 938 g/mol. The van der Waals surface area contributed by atoms with E-state index in [-0.39, 0.29) is 30.9 Å². The van der Waals surface area contributed by atoms with Crippen LogP contribution in [0.3, 0.4) is 0 Å². The van der Waals surface area contributed by atoms with Gasteiger partial charge in [-0.2, -0.15) is 13.2 Å². The van der Waals surface area contributed by atoms with Gasteiger partial charge in [0.2, 0.25) is 5.91 Å². The van der Waals surface area contributed by atoms with Crippen molar-refractivity contribution in [1.82, 2.24) is 35.0 Å². The van der Waals surface area contributed by atoms with Crippen molar-refractivity contribution in [3.8, 4) is 11.8 Å². The van der Waals surface area contributed by atoms with Gasteiger partial charge in [0, 0.05) is 120 Å². The monoisotopic (exact) mass is 1010 g/mol. The Balaban J connectivity index is 0.00000376. The fraction of sp³-hybridized carbons (Fsp3) is 0.436. The number of likely N-dealkylation sites (tertiary alicyclic amines) is 1. The number of hydrogen-bond acceptors (Lipinski definition) is 9. The molecule has 0 saturated carbocycles. The molecule has 3 aromatic heterocycles. The largest absolute Gasteiger partial charge is 0.406 e. The molecule has 384 valence electrons. The zero-order chi connectivity index (χ0) is 51.0. The third-order valence-electron chi connectivity index (χ3n) is 13.0. The zero-order valence-electron chi connectivity index (χ0n) is 41.9. The van der Waals surface area contributed by atoms with Gasteiger partial charge in [-0.3, -0.25) is 13.8 Å². The number of benzene rings is 3. The van der Waals surface area contributed by atoms with E-state index in [2.05, 4.69) is 84.4 Å². The van der Waals surface area contributed by atoms with Crippen LogP contribution < -0.4 is 31.5 Å². The summed E-state index contributed by atoms with van der Waals surface area (Å²) in [6.07, 6.45) is 5.99. The number of alkyl halides is 3. The molecule has 2 fully saturated rings. The van der Waals surface area contributed by atoms with Crippen molar-refractivity contribution < 1.29 is 27.0 Å². The molecule has 2 aliphatic rings. The molecule has 2 amide bonds. The summed E-state index contributed by atoms with van der Waals surface area (Å²) < 4.78 is 56.1. The summed E-state index contributed by atoms with van der Waals surface area (Å²) in [7, 11) is -1.09. The van der Waals surface area contributed by atoms with Crippen molar-refractivity contribution in [3.05, 3.63) is 114 Å². The second kappa shape index (κ2) is 25.9. The van der Waals surface area contributed by atoms with E-state index in [1.54, 1.807) is 59.5 Å². The predicted octanol–water partition coefficient (Wildman–Crippen LogP) is 8.41. The Labute approximate surface area is 424 Å². The summed E-state index contributed by atoms with van der Waals surface area (Å²) >= 11 is 0. The average Bonchev–Trinajstić information content (AvgIpc) is 3.94. The van der Waals surface area contributed by atoms with E-state index in [0.29, 0.717) is 51.8 Å². The number of nitrogens with zero attached hydrogens (tertiary/aromatic N) is 5. The van der Waals surface area contributed by atoms with Crippen LogP contribution in [0.5, 0.6) is 0 Å². The maximum absolute atomic E-state index is 13.8. The number of fused-ring (bicyclic) bond motifs is 2. The Morgan fingerprint density at radius 1 is 0.917 bits per heavy atom. The van der Waals surface area contributed by atoms with Gasteiger partial charge in [-0.15, -0.1) is 0 Å². The number of halogens is 3. The average molecular weight is 1010 g/mol. The lowest BCUT2D eigenvalue weighted by atomic mass is 10.0. The SMILES string of the molecule is CC.CC1CN(c2ccc(CCNC(=O)c3cnc4c(ccn4CC(=O)NCCCCCN4CCC(Nc5cccc6c5cc(C#CCNc5ccc(S(C)=O)cc5)n6CC(F)(F)F)CC4)c3)cc2)CCN1. The number of pyridine rings is 1. The predicted molar refractivity (Wildman–Crippen MR) is 285 cm³/mol. The second-order valence-corrected chi connectivity index (χ2v) is 19.7. The van der Waals surface area contributed by atoms with E-state index in [9.17, 15) is 27.0 Å². The summed E-state index contributed by atoms with van der Waals surface area (Å²) in [5.74, 6) is 5.67. The van der Waals surface area contributed by atoms with Crippen molar-refractivity contribution in [2.24, 2.45) is 0 Å². The lowest BCUT2D eigenvalue weighted by Crippen LogP contribution is -2.49. The van der Waals surface area contributed by atoms with Crippen LogP contribution in [0.25, 0.3) is 21.9 Å². The Hall–Kier alpha value is -6.35. The lowest BCUT2D eigenvalue weighted by molar-refractivity contribution is -0.140. The van der Waals surface area contributed by atoms with Crippen LogP contribution in [0.4, 0.5) is 30.2 Å². The van der Waals surface area contributed by atoms with E-state index in [1.807, 2.05) is 38.2 Å². The molecule has 0 radical (unpaired) electrons. The van der Waals surface area contributed by atoms with Crippen molar-refractivity contribution in [3.63, 3.8) is 0 Å². The topological polar surface area (TPSA) is 141 Å². The highest BCUT2D eigenvalue weighted by Gasteiger charge is 2.30. The standard InChI is InChI=1S/C53H63F3N10O3S.C2H6/c1-38-35-64(31-26-57-38)44-15-11-39(12-16-44)19-25-60-52(68)41-32-40-20-30-65(51(40)61-34-41)36-50(67)59-23-4-3-5-27-63-28-21-43(22-29-63)62-48-9-6-10-49-47(48)33-45(66(49)37-53(54,55)56)8-7-24-58-42-13-17-46(18-14-42)70(2)69;1-2/h6,9-18,20,30,32-34,38,43,57-58,62H,3-5,19,21-29,31,35-37H2,1-2H3,(H,59,67)(H,60,68);1-2H3. The first kappa shape index (κ1) is 53.4. The molecule has 8 rings (SSSR count). The number of anilines is 3. The minimum absolute atomic E-state index is 0.0912. The van der Waals surface area contributed by atoms with Crippen molar-refractivity contribution in [2.45, 2.75) is 95.5 Å². The molecule has 2 saturated heterocycles. The maximum atomic E-state index is 13.8. The Morgan fingerprint density at radius 3 is 2.43 bits per heavy atom. The quantitative estimate of drug-likeness (QED) is 0.0400. The number of nitrogens with one attached hydrogen (secondary N) is 5. The van der Waals surface area contributed by atoms with Crippen LogP contribution in [-0.4, -0.2) is 118 Å². The lowest BCUT2D eigenvalue weighted by Gasteiger charge is -2.33. The third kappa shape index (κ3) is 15.1. The van der Waals surface area contributed by atoms with Crippen LogP contribution in [0.1, 0.15) is 74.5 Å². The molecule has 0 bridgehead atoms. The minimum atomic E-state index is -4.42. The van der Waals surface area contributed by atoms with Crippen LogP contribution in [0.15, 0.2) is 102 Å². The number of rotatable bonds is 19. The van der Waals surface area contributed by atoms with Gasteiger partial charge >= 0.3 is 6.18 Å². The van der Waals surface area contributed by atoms with Crippen molar-refractivity contribution >= 4 is 61.6 Å². The maximum Gasteiger partial charge on any atom is 0.406 e. The molecule has 13 nitrogen and oxygen atoms in total. The van der Waals surface area contributed by atoms with Crippen LogP contribution in [0.2, 0.25) is 0 Å². The van der Waals surface area contributed by atoms with E-state index in [4.69, 9.17) is 0 Å². The van der Waals surface area contributed by atoms with Crippen LogP contribution in [0, 0.1) is 11.8 Å². The molecule has 2 atom stereocenters. The Bertz CT molecular complexity index is 2810. The van der Waals surface area contributed by atoms with Crippen molar-refractivity contribution in [2.75, 3.05) is 80.7 Å². The molecule has 2 unspecified atom stereocenters. The first-order chi connectivity index (χ1) is 34.8. The molecule has 0 aliphatic carbocycles. The first-order valence-corrected chi connectivity index (χ1v) is 26.8. The van der Waals surface area contributed by atoms with Gasteiger partial charge in [0.05, 0.1) is 23.3 Å². The fourth-order valence-electron chi connectivity index (χ4n) is 9.30. The highest BCUT2D eigenvalue weighted by atomic mass is 32.2. The zero-order valence-corrected chi connectivity index (χ0v) is 42.7. The molecular formula is C55H69F3N10O3S. The molecule has 0 spiro atoms. The molecule has 2 aliphatic heterocycles. The van der Waals surface area contributed by atoms with Crippen LogP contribution in [-0.2, 0) is 35.1 Å². The van der Waals surface area contributed by atoms with Gasteiger partial charge in [-0.1, -0.05) is 44.4 Å². The molecule has 6 aromatic rings. The summed E-state index contributed by atoms with van der Waals surface area (Å²) in [5.41, 5.74) is 5.87. The highest BCUT2D eigenvalue weighted by molar-refractivity contribution is 7.84. The number of amides is 2. The third-order valence-corrected chi connectivity index (χ3v) is 14.0. The summed E-state index contributed by atoms with van der Waals surface area (Å²) in [5, 5.41) is 17.8. The van der Waals surface area contributed by atoms with E-state index >= 15 is 0 Å². The minimum Gasteiger partial charge on any atom is -0.382 e. The molecule has 5 heterocycles. The van der Waals surface area contributed by atoms with Crippen LogP contribution >= 0.6 is 0 Å². The Kier molecular flexibility index (Phi) is 19.2. The smallest absolute Gasteiger partial charge is 0.382 e. The number of carbonyl (C=O) groups excluding carboxylic acids is 2. The second-order valence-electron chi connectivity index (χ2n) is 18.3. The van der Waals surface area contributed by atoms with Gasteiger partial charge in [0.1, 0.15) is 18.7 Å². The van der Waals surface area contributed by atoms with E-state index in [0.717, 1.165) is 94.6 Å². The van der Waals surface area contributed by atoms with Gasteiger partial charge in [0.25, 0.3) is 5.91 Å². The fourth-order valence-corrected chi connectivity index (χ4v) is 9.82. The number of hydrogen-bond donors (Lipinski definition) is 5. The Morgan fingerprint density at radius 2 is 1.69 bits per heavy atom. The van der Waals surface area contributed by atoms with Gasteiger partial charge in [-0.05, 0) is 124 Å². The van der Waals surface area contributed by atoms with Gasteiger partial charge in [0.15, 0.2) is 0 Å². The molecule has 17 heteroatoms. The van der Waals surface area contributed by atoms with Gasteiger partial charge < -0.3 is 45.5 Å². The first-order valence-electron chi connectivity index (χ1n) is 25.3. The number of piperazine rings is 1.